The second kappa shape index (κ2) is 17.9. The second-order valence-electron chi connectivity index (χ2n) is 21.8. The van der Waals surface area contributed by atoms with Gasteiger partial charge in [-0.25, -0.2) is 8.42 Å². The molecule has 6 heterocycles. The number of anilines is 3. The Labute approximate surface area is 492 Å². The van der Waals surface area contributed by atoms with Crippen molar-refractivity contribution in [2.45, 2.75) is 19.6 Å². The van der Waals surface area contributed by atoms with E-state index in [0.29, 0.717) is 0 Å². The van der Waals surface area contributed by atoms with E-state index in [1.54, 1.807) is 36.0 Å². The van der Waals surface area contributed by atoms with Crippen LogP contribution < -0.4 is 30.8 Å². The van der Waals surface area contributed by atoms with E-state index in [1.165, 1.54) is 21.9 Å². The predicted molar refractivity (Wildman–Crippen MR) is 343 cm³/mol. The van der Waals surface area contributed by atoms with Gasteiger partial charge < -0.3 is 28.1 Å². The average Bonchev–Trinajstić information content (AvgIpc) is 1.59. The highest BCUT2D eigenvalue weighted by atomic mass is 32.2. The third kappa shape index (κ3) is 6.73. The number of hydrogen-bond donors (Lipinski definition) is 0. The van der Waals surface area contributed by atoms with Crippen LogP contribution in [0.25, 0.3) is 82.5 Å². The van der Waals surface area contributed by atoms with Gasteiger partial charge in [-0.2, -0.15) is 5.26 Å². The lowest BCUT2D eigenvalue weighted by molar-refractivity contribution is 0.464. The van der Waals surface area contributed by atoms with Crippen molar-refractivity contribution < 1.29 is 17.9 Å². The molecular weight excluding hydrogens is 1090 g/mol. The number of rotatable bonds is 6. The molecule has 0 bridgehead atoms. The van der Waals surface area contributed by atoms with Gasteiger partial charge in [0.25, 0.3) is 6.71 Å². The molecule has 3 aromatic heterocycles. The Morgan fingerprint density at radius 2 is 0.824 bits per heavy atom. The van der Waals surface area contributed by atoms with Gasteiger partial charge in [0.1, 0.15) is 29.1 Å². The lowest BCUT2D eigenvalue weighted by atomic mass is 9.35. The van der Waals surface area contributed by atoms with E-state index in [1.807, 2.05) is 24.3 Å². The number of sulfone groups is 1. The zero-order chi connectivity index (χ0) is 56.2. The van der Waals surface area contributed by atoms with Gasteiger partial charge in [0.05, 0.1) is 65.5 Å². The third-order valence-corrected chi connectivity index (χ3v) is 20.3. The Bertz CT molecular complexity index is 5470. The minimum absolute atomic E-state index is 0.0273. The molecule has 3 aliphatic rings. The van der Waals surface area contributed by atoms with E-state index < -0.39 is 9.84 Å². The molecule has 15 aromatic rings. The Kier molecular flexibility index (Phi) is 10.1. The Balaban J connectivity index is 0.959. The number of nitrogens with zero attached hydrogens (tertiary/aromatic N) is 5. The zero-order valence-electron chi connectivity index (χ0n) is 45.0. The van der Waals surface area contributed by atoms with Crippen LogP contribution in [0.4, 0.5) is 17.1 Å². The molecule has 0 atom stereocenters. The predicted octanol–water partition coefficient (Wildman–Crippen LogP) is 16.3. The summed E-state index contributed by atoms with van der Waals surface area (Å²) < 4.78 is 50.0. The fourth-order valence-electron chi connectivity index (χ4n) is 13.9. The summed E-state index contributed by atoms with van der Waals surface area (Å²) in [7, 11) is -4.07. The van der Waals surface area contributed by atoms with Gasteiger partial charge in [-0.3, -0.25) is 0 Å². The monoisotopic (exact) mass is 1130 g/mol. The normalized spacial score (nSPS) is 13.1. The van der Waals surface area contributed by atoms with Gasteiger partial charge in [0.2, 0.25) is 9.84 Å². The van der Waals surface area contributed by atoms with Crippen molar-refractivity contribution in [3.8, 4) is 46.1 Å². The summed E-state index contributed by atoms with van der Waals surface area (Å²) >= 11 is 1.80. The van der Waals surface area contributed by atoms with Crippen molar-refractivity contribution >= 4 is 127 Å². The smallest absolute Gasteiger partial charge is 0.260 e. The third-order valence-electron chi connectivity index (χ3n) is 17.4. The summed E-state index contributed by atoms with van der Waals surface area (Å²) in [6.45, 7) is -0.0979. The summed E-state index contributed by atoms with van der Waals surface area (Å²) in [5, 5.41) is 16.3. The molecule has 0 radical (unpaired) electrons. The molecule has 0 spiro atoms. The van der Waals surface area contributed by atoms with Crippen molar-refractivity contribution in [1.29, 1.82) is 5.26 Å². The molecule has 18 rings (SSSR count). The molecule has 0 saturated heterocycles. The second-order valence-corrected chi connectivity index (χ2v) is 24.8. The fraction of sp³-hybridized carbons (Fsp3) is 0. The highest BCUT2D eigenvalue weighted by molar-refractivity contribution is 7.99. The highest BCUT2D eigenvalue weighted by Gasteiger charge is 2.41. The lowest BCUT2D eigenvalue weighted by Gasteiger charge is -2.33. The topological polar surface area (TPSA) is 94.4 Å². The number of hydrogen-bond acceptors (Lipinski definition) is 7. The number of para-hydroxylation sites is 7. The van der Waals surface area contributed by atoms with E-state index in [9.17, 15) is 13.7 Å². The van der Waals surface area contributed by atoms with E-state index in [-0.39, 0.29) is 22.1 Å². The van der Waals surface area contributed by atoms with Crippen molar-refractivity contribution in [2.75, 3.05) is 4.90 Å². The summed E-state index contributed by atoms with van der Waals surface area (Å²) in [6.07, 6.45) is 0. The molecule has 0 unspecified atom stereocenters. The number of ether oxygens (including phenoxy) is 2. The molecule has 3 aliphatic heterocycles. The van der Waals surface area contributed by atoms with Gasteiger partial charge in [0, 0.05) is 76.8 Å². The Morgan fingerprint density at radius 3 is 1.34 bits per heavy atom. The molecule has 12 heteroatoms. The van der Waals surface area contributed by atoms with Crippen LogP contribution in [-0.2, 0) is 9.84 Å². The summed E-state index contributed by atoms with van der Waals surface area (Å²) in [6, 6.07) is 88.6. The van der Waals surface area contributed by atoms with Crippen LogP contribution in [0.2, 0.25) is 0 Å². The maximum Gasteiger partial charge on any atom is 0.260 e. The van der Waals surface area contributed by atoms with E-state index >= 15 is 0 Å². The van der Waals surface area contributed by atoms with Crippen molar-refractivity contribution in [2.24, 2.45) is 0 Å². The number of aromatic nitrogens is 3. The fourth-order valence-corrected chi connectivity index (χ4v) is 16.4. The largest absolute Gasteiger partial charge is 0.458 e. The molecule has 12 aromatic carbocycles. The first-order valence-electron chi connectivity index (χ1n) is 28.2. The first kappa shape index (κ1) is 47.9. The van der Waals surface area contributed by atoms with Gasteiger partial charge in [-0.05, 0) is 126 Å². The van der Waals surface area contributed by atoms with Crippen LogP contribution in [0, 0.1) is 11.3 Å². The average molecular weight is 1130 g/mol. The first-order valence-corrected chi connectivity index (χ1v) is 30.5. The van der Waals surface area contributed by atoms with Gasteiger partial charge in [-0.1, -0.05) is 139 Å². The quantitative estimate of drug-likeness (QED) is 0.153. The van der Waals surface area contributed by atoms with Crippen LogP contribution in [0.5, 0.6) is 23.0 Å². The molecule has 0 N–H and O–H groups in total. The van der Waals surface area contributed by atoms with Crippen LogP contribution in [0.15, 0.2) is 274 Å². The molecule has 0 fully saturated rings. The maximum atomic E-state index is 14.4. The van der Waals surface area contributed by atoms with E-state index in [4.69, 9.17) is 9.47 Å². The highest BCUT2D eigenvalue weighted by Crippen LogP contribution is 2.54. The molecular formula is C73H42BN5O4S2. The van der Waals surface area contributed by atoms with Crippen LogP contribution in [0.3, 0.4) is 0 Å². The summed E-state index contributed by atoms with van der Waals surface area (Å²) in [5.74, 6) is 3.09. The zero-order valence-corrected chi connectivity index (χ0v) is 46.6. The minimum atomic E-state index is -4.07. The SMILES string of the molecule is N#Cc1ccccc1S(=O)(=O)c1ccc(-n2c3ccccc3c3c2c2c4ccccc4n(-c4ccc(N5c6ccccc6Sc6ccccc65)cc4)c2c2c4ccccc4n(-c4cc5c6c(c4)Oc4ccccc4B6c4ccccc4O5)c23)cc1. The molecule has 85 heavy (non-hydrogen) atoms. The van der Waals surface area contributed by atoms with Gasteiger partial charge in [0.15, 0.2) is 0 Å². The van der Waals surface area contributed by atoms with Crippen LogP contribution >= 0.6 is 11.8 Å². The summed E-state index contributed by atoms with van der Waals surface area (Å²) in [4.78, 5) is 4.82. The lowest BCUT2D eigenvalue weighted by Crippen LogP contribution is -2.57. The maximum absolute atomic E-state index is 14.4. The molecule has 9 nitrogen and oxygen atoms in total. The first-order chi connectivity index (χ1) is 41.9. The Hall–Kier alpha value is -10.7. The molecule has 0 aliphatic carbocycles. The number of fused-ring (bicyclic) bond motifs is 18. The molecule has 0 amide bonds. The van der Waals surface area contributed by atoms with Crippen LogP contribution in [-0.4, -0.2) is 28.8 Å². The number of benzene rings is 12. The van der Waals surface area contributed by atoms with Crippen LogP contribution in [0.1, 0.15) is 5.56 Å². The molecule has 0 saturated carbocycles. The van der Waals surface area contributed by atoms with E-state index in [2.05, 4.69) is 219 Å². The number of nitriles is 1. The van der Waals surface area contributed by atoms with E-state index in [0.717, 1.165) is 139 Å². The van der Waals surface area contributed by atoms with Crippen molar-refractivity contribution in [3.63, 3.8) is 0 Å². The molecule has 398 valence electrons. The van der Waals surface area contributed by atoms with Gasteiger partial charge >= 0.3 is 0 Å². The van der Waals surface area contributed by atoms with Crippen molar-refractivity contribution in [3.05, 3.63) is 260 Å². The summed E-state index contributed by atoms with van der Waals surface area (Å²) in [5.41, 5.74) is 15.1. The Morgan fingerprint density at radius 1 is 0.412 bits per heavy atom. The standard InChI is InChI=1S/C73H42BN5O4S2/c75-43-44-17-1-16-32-66(44)85(80,81)49-39-37-47(38-40-49)78-56-24-8-3-19-51(56)68-72(78)67-50-18-2-7-23-55(50)77(46-35-33-45(34-36-46)76-58-26-10-14-30-64(58)84-65-31-15-11-27-59(65)76)71(67)69-52-20-4-9-25-57(52)79(73(68)69)48-41-62-70-63(42-48)83-61-29-13-6-22-54(61)74(70)53-21-5-12-28-60(53)82-62/h1-42H. The van der Waals surface area contributed by atoms with Crippen molar-refractivity contribution in [1.82, 2.24) is 13.7 Å². The van der Waals surface area contributed by atoms with Gasteiger partial charge in [-0.15, -0.1) is 0 Å². The minimum Gasteiger partial charge on any atom is -0.458 e.